The molecule has 0 saturated carbocycles. The second kappa shape index (κ2) is 4.96. The quantitative estimate of drug-likeness (QED) is 0.731. The first-order chi connectivity index (χ1) is 9.72. The van der Waals surface area contributed by atoms with Crippen molar-refractivity contribution in [3.05, 3.63) is 47.9 Å². The molecule has 0 amide bonds. The van der Waals surface area contributed by atoms with Gasteiger partial charge in [0.2, 0.25) is 0 Å². The summed E-state index contributed by atoms with van der Waals surface area (Å²) in [4.78, 5) is 4.31. The highest BCUT2D eigenvalue weighted by molar-refractivity contribution is 5.70. The van der Waals surface area contributed by atoms with Gasteiger partial charge in [-0.1, -0.05) is 13.0 Å². The van der Waals surface area contributed by atoms with E-state index in [1.165, 1.54) is 16.7 Å². The summed E-state index contributed by atoms with van der Waals surface area (Å²) in [5, 5.41) is 4.26. The van der Waals surface area contributed by atoms with Crippen molar-refractivity contribution < 1.29 is 4.74 Å². The van der Waals surface area contributed by atoms with Gasteiger partial charge in [-0.15, -0.1) is 0 Å². The molecule has 2 heterocycles. The molecular weight excluding hydrogens is 250 g/mol. The van der Waals surface area contributed by atoms with E-state index < -0.39 is 0 Å². The lowest BCUT2D eigenvalue weighted by Crippen LogP contribution is -1.96. The molecule has 0 bridgehead atoms. The summed E-state index contributed by atoms with van der Waals surface area (Å²) in [7, 11) is 1.69. The number of benzene rings is 1. The van der Waals surface area contributed by atoms with Gasteiger partial charge in [-0.3, -0.25) is 0 Å². The molecule has 3 rings (SSSR count). The van der Waals surface area contributed by atoms with E-state index in [4.69, 9.17) is 4.74 Å². The number of nitrogens with zero attached hydrogens (tertiary/aromatic N) is 3. The first kappa shape index (κ1) is 12.7. The zero-order chi connectivity index (χ0) is 14.1. The number of hydrogen-bond acceptors (Lipinski definition) is 3. The van der Waals surface area contributed by atoms with Crippen molar-refractivity contribution >= 4 is 5.65 Å². The minimum atomic E-state index is 0.879. The second-order valence-corrected chi connectivity index (χ2v) is 4.82. The van der Waals surface area contributed by atoms with Crippen LogP contribution in [0.25, 0.3) is 16.8 Å². The lowest BCUT2D eigenvalue weighted by molar-refractivity contribution is 0.414. The highest BCUT2D eigenvalue weighted by Gasteiger charge is 2.09. The molecule has 0 fully saturated rings. The molecule has 3 aromatic rings. The maximum absolute atomic E-state index is 5.26. The minimum Gasteiger partial charge on any atom is -0.497 e. The van der Waals surface area contributed by atoms with Crippen LogP contribution in [0, 0.1) is 6.92 Å². The van der Waals surface area contributed by atoms with Crippen LogP contribution in [0.5, 0.6) is 5.75 Å². The smallest absolute Gasteiger partial charge is 0.158 e. The number of fused-ring (bicyclic) bond motifs is 1. The minimum absolute atomic E-state index is 0.879. The Morgan fingerprint density at radius 3 is 2.80 bits per heavy atom. The van der Waals surface area contributed by atoms with Gasteiger partial charge in [0, 0.05) is 11.8 Å². The predicted octanol–water partition coefficient (Wildman–Crippen LogP) is 3.28. The van der Waals surface area contributed by atoms with Crippen LogP contribution in [-0.4, -0.2) is 21.7 Å². The summed E-state index contributed by atoms with van der Waals surface area (Å²) in [5.41, 5.74) is 5.67. The van der Waals surface area contributed by atoms with Gasteiger partial charge in [0.1, 0.15) is 12.1 Å². The number of hydrogen-bond donors (Lipinski definition) is 0. The Hall–Kier alpha value is -2.36. The molecule has 102 valence electrons. The molecule has 0 unspecified atom stereocenters. The topological polar surface area (TPSA) is 39.4 Å². The van der Waals surface area contributed by atoms with E-state index in [2.05, 4.69) is 36.1 Å². The molecule has 0 aliphatic heterocycles. The first-order valence-corrected chi connectivity index (χ1v) is 6.70. The Kier molecular flexibility index (Phi) is 3.14. The molecule has 2 aromatic heterocycles. The Labute approximate surface area is 118 Å². The largest absolute Gasteiger partial charge is 0.497 e. The van der Waals surface area contributed by atoms with E-state index in [1.54, 1.807) is 13.4 Å². The lowest BCUT2D eigenvalue weighted by atomic mass is 10.00. The van der Waals surface area contributed by atoms with Crippen LogP contribution in [0.4, 0.5) is 0 Å². The van der Waals surface area contributed by atoms with Crippen molar-refractivity contribution in [2.45, 2.75) is 20.3 Å². The van der Waals surface area contributed by atoms with Crippen molar-refractivity contribution in [2.75, 3.05) is 7.11 Å². The van der Waals surface area contributed by atoms with E-state index in [-0.39, 0.29) is 0 Å². The van der Waals surface area contributed by atoms with E-state index in [1.807, 2.05) is 22.8 Å². The maximum Gasteiger partial charge on any atom is 0.158 e. The third kappa shape index (κ3) is 2.03. The number of ether oxygens (including phenoxy) is 1. The fraction of sp³-hybridized carbons (Fsp3) is 0.250. The fourth-order valence-electron chi connectivity index (χ4n) is 2.49. The monoisotopic (exact) mass is 267 g/mol. The lowest BCUT2D eigenvalue weighted by Gasteiger charge is -2.10. The van der Waals surface area contributed by atoms with Crippen molar-refractivity contribution in [1.29, 1.82) is 0 Å². The van der Waals surface area contributed by atoms with Gasteiger partial charge in [0.15, 0.2) is 5.65 Å². The number of methoxy groups -OCH3 is 1. The number of aryl methyl sites for hydroxylation is 2. The average molecular weight is 267 g/mol. The third-order valence-electron chi connectivity index (χ3n) is 3.58. The molecule has 0 atom stereocenters. The van der Waals surface area contributed by atoms with Crippen LogP contribution in [0.2, 0.25) is 0 Å². The van der Waals surface area contributed by atoms with Gasteiger partial charge in [-0.05, 0) is 48.2 Å². The SMILES string of the molecule is CCc1cc(-c2ccc(OC)cc2C)cn2ncnc12. The van der Waals surface area contributed by atoms with Gasteiger partial charge in [-0.2, -0.15) is 5.10 Å². The highest BCUT2D eigenvalue weighted by Crippen LogP contribution is 2.28. The highest BCUT2D eigenvalue weighted by atomic mass is 16.5. The predicted molar refractivity (Wildman–Crippen MR) is 79.1 cm³/mol. The maximum atomic E-state index is 5.26. The molecule has 0 saturated heterocycles. The van der Waals surface area contributed by atoms with Gasteiger partial charge >= 0.3 is 0 Å². The van der Waals surface area contributed by atoms with Crippen molar-refractivity contribution in [3.63, 3.8) is 0 Å². The van der Waals surface area contributed by atoms with E-state index in [0.717, 1.165) is 23.4 Å². The third-order valence-corrected chi connectivity index (χ3v) is 3.58. The van der Waals surface area contributed by atoms with Crippen molar-refractivity contribution in [1.82, 2.24) is 14.6 Å². The zero-order valence-electron chi connectivity index (χ0n) is 11.9. The Balaban J connectivity index is 2.18. The molecule has 1 aromatic carbocycles. The Morgan fingerprint density at radius 1 is 1.25 bits per heavy atom. The van der Waals surface area contributed by atoms with E-state index in [0.29, 0.717) is 0 Å². The number of pyridine rings is 1. The standard InChI is InChI=1S/C16H17N3O/c1-4-12-8-13(9-19-16(12)17-10-18-19)15-6-5-14(20-3)7-11(15)2/h5-10H,4H2,1-3H3. The molecule has 0 N–H and O–H groups in total. The first-order valence-electron chi connectivity index (χ1n) is 6.70. The van der Waals surface area contributed by atoms with Crippen LogP contribution >= 0.6 is 0 Å². The van der Waals surface area contributed by atoms with Gasteiger partial charge in [0.05, 0.1) is 7.11 Å². The molecule has 0 radical (unpaired) electrons. The summed E-state index contributed by atoms with van der Waals surface area (Å²) in [6.45, 7) is 4.23. The number of rotatable bonds is 3. The van der Waals surface area contributed by atoms with Gasteiger partial charge in [0.25, 0.3) is 0 Å². The summed E-state index contributed by atoms with van der Waals surface area (Å²) in [6, 6.07) is 8.32. The normalized spacial score (nSPS) is 10.9. The Morgan fingerprint density at radius 2 is 2.10 bits per heavy atom. The van der Waals surface area contributed by atoms with Crippen LogP contribution in [0.3, 0.4) is 0 Å². The van der Waals surface area contributed by atoms with Gasteiger partial charge < -0.3 is 4.74 Å². The van der Waals surface area contributed by atoms with Crippen molar-refractivity contribution in [2.24, 2.45) is 0 Å². The average Bonchev–Trinajstić information content (AvgIpc) is 2.94. The molecule has 4 heteroatoms. The zero-order valence-corrected chi connectivity index (χ0v) is 11.9. The summed E-state index contributed by atoms with van der Waals surface area (Å²) >= 11 is 0. The molecule has 0 aliphatic carbocycles. The summed E-state index contributed by atoms with van der Waals surface area (Å²) in [6.07, 6.45) is 4.56. The molecule has 4 nitrogen and oxygen atoms in total. The van der Waals surface area contributed by atoms with Crippen molar-refractivity contribution in [3.8, 4) is 16.9 Å². The summed E-state index contributed by atoms with van der Waals surface area (Å²) < 4.78 is 7.11. The van der Waals surface area contributed by atoms with Crippen LogP contribution in [-0.2, 0) is 6.42 Å². The van der Waals surface area contributed by atoms with E-state index >= 15 is 0 Å². The molecule has 20 heavy (non-hydrogen) atoms. The van der Waals surface area contributed by atoms with Crippen LogP contribution in [0.1, 0.15) is 18.1 Å². The van der Waals surface area contributed by atoms with E-state index in [9.17, 15) is 0 Å². The molecular formula is C16H17N3O. The second-order valence-electron chi connectivity index (χ2n) is 4.82. The summed E-state index contributed by atoms with van der Waals surface area (Å²) in [5.74, 6) is 0.879. The van der Waals surface area contributed by atoms with Gasteiger partial charge in [-0.25, -0.2) is 9.50 Å². The Bertz CT molecular complexity index is 762. The van der Waals surface area contributed by atoms with Crippen LogP contribution < -0.4 is 4.74 Å². The molecule has 0 spiro atoms. The fourth-order valence-corrected chi connectivity index (χ4v) is 2.49. The van der Waals surface area contributed by atoms with Crippen LogP contribution in [0.15, 0.2) is 36.8 Å². The number of aromatic nitrogens is 3. The molecule has 0 aliphatic rings.